The fourth-order valence-electron chi connectivity index (χ4n) is 4.43. The summed E-state index contributed by atoms with van der Waals surface area (Å²) in [6.07, 6.45) is 3.91. The summed E-state index contributed by atoms with van der Waals surface area (Å²) in [6, 6.07) is 7.62. The van der Waals surface area contributed by atoms with Gasteiger partial charge in [-0.15, -0.1) is 10.2 Å². The predicted molar refractivity (Wildman–Crippen MR) is 117 cm³/mol. The summed E-state index contributed by atoms with van der Waals surface area (Å²) >= 11 is 1.56. The summed E-state index contributed by atoms with van der Waals surface area (Å²) < 4.78 is 34.8. The van der Waals surface area contributed by atoms with Crippen molar-refractivity contribution in [2.24, 2.45) is 0 Å². The second kappa shape index (κ2) is 6.31. The van der Waals surface area contributed by atoms with Gasteiger partial charge >= 0.3 is 0 Å². The first-order chi connectivity index (χ1) is 14.3. The third-order valence-electron chi connectivity index (χ3n) is 5.81. The number of rotatable bonds is 2. The molecule has 0 amide bonds. The molecule has 1 aliphatic heterocycles. The molecule has 5 rings (SSSR count). The summed E-state index contributed by atoms with van der Waals surface area (Å²) in [4.78, 5) is 0. The van der Waals surface area contributed by atoms with E-state index in [0.717, 1.165) is 10.9 Å². The van der Waals surface area contributed by atoms with E-state index in [0.29, 0.717) is 28.5 Å². The van der Waals surface area contributed by atoms with E-state index in [2.05, 4.69) is 15.5 Å². The molecule has 3 heterocycles. The molecule has 0 fully saturated rings. The number of hydrogen-bond acceptors (Lipinski definition) is 4. The van der Waals surface area contributed by atoms with Crippen molar-refractivity contribution in [1.29, 1.82) is 0 Å². The Morgan fingerprint density at radius 2 is 1.83 bits per heavy atom. The van der Waals surface area contributed by atoms with Gasteiger partial charge in [0.2, 0.25) is 0 Å². The Balaban J connectivity index is 1.89. The van der Waals surface area contributed by atoms with E-state index < -0.39 is 17.2 Å². The summed E-state index contributed by atoms with van der Waals surface area (Å²) in [5, 5.41) is 12.5. The molecule has 0 spiro atoms. The normalized spacial score (nSPS) is 14.5. The maximum atomic E-state index is 15.5. The highest BCUT2D eigenvalue weighted by molar-refractivity contribution is 7.97. The Labute approximate surface area is 177 Å². The average Bonchev–Trinajstić information content (AvgIpc) is 3.31. The maximum Gasteiger partial charge on any atom is 0.184 e. The first-order valence-electron chi connectivity index (χ1n) is 9.63. The minimum atomic E-state index is -0.890. The lowest BCUT2D eigenvalue weighted by Gasteiger charge is -2.35. The van der Waals surface area contributed by atoms with Gasteiger partial charge in [0, 0.05) is 23.4 Å². The van der Waals surface area contributed by atoms with Crippen molar-refractivity contribution in [3.8, 4) is 16.8 Å². The maximum absolute atomic E-state index is 15.5. The highest BCUT2D eigenvalue weighted by atomic mass is 32.2. The Kier molecular flexibility index (Phi) is 4.02. The average molecular weight is 426 g/mol. The number of hydrogen-bond donors (Lipinski definition) is 1. The standard InChI is InChI=1S/C22H21F2N5S/c1-11-16(14-7-6-8-15-13(14)9-10-28(15)30-5)17(23)18(24)19-20(11)29-12(2)26-27-21(29)22(3,4)25-19/h6-10,25H,1-5H3. The number of benzene rings is 2. The molecule has 0 atom stereocenters. The molecule has 2 aromatic heterocycles. The van der Waals surface area contributed by atoms with Crippen LogP contribution in [0, 0.1) is 25.5 Å². The van der Waals surface area contributed by atoms with E-state index in [4.69, 9.17) is 0 Å². The largest absolute Gasteiger partial charge is 0.369 e. The predicted octanol–water partition coefficient (Wildman–Crippen LogP) is 5.57. The van der Waals surface area contributed by atoms with Crippen molar-refractivity contribution >= 4 is 28.5 Å². The zero-order valence-corrected chi connectivity index (χ0v) is 18.2. The quantitative estimate of drug-likeness (QED) is 0.456. The van der Waals surface area contributed by atoms with Crippen molar-refractivity contribution in [1.82, 2.24) is 18.7 Å². The van der Waals surface area contributed by atoms with Crippen LogP contribution >= 0.6 is 11.9 Å². The third kappa shape index (κ3) is 2.40. The molecule has 0 saturated heterocycles. The van der Waals surface area contributed by atoms with Gasteiger partial charge in [0.05, 0.1) is 22.4 Å². The fourth-order valence-corrected chi connectivity index (χ4v) is 4.97. The number of halogens is 2. The highest BCUT2D eigenvalue weighted by Gasteiger charge is 2.38. The Morgan fingerprint density at radius 3 is 2.57 bits per heavy atom. The van der Waals surface area contributed by atoms with Crippen LogP contribution in [-0.4, -0.2) is 25.0 Å². The highest BCUT2D eigenvalue weighted by Crippen LogP contribution is 2.45. The first kappa shape index (κ1) is 19.1. The summed E-state index contributed by atoms with van der Waals surface area (Å²) in [6.45, 7) is 7.40. The van der Waals surface area contributed by atoms with E-state index in [9.17, 15) is 0 Å². The van der Waals surface area contributed by atoms with Gasteiger partial charge in [0.1, 0.15) is 5.82 Å². The smallest absolute Gasteiger partial charge is 0.184 e. The number of nitrogens with zero attached hydrogens (tertiary/aromatic N) is 4. The van der Waals surface area contributed by atoms with Crippen LogP contribution in [0.3, 0.4) is 0 Å². The third-order valence-corrected chi connectivity index (χ3v) is 6.52. The van der Waals surface area contributed by atoms with Crippen LogP contribution in [-0.2, 0) is 5.54 Å². The number of aromatic nitrogens is 4. The lowest BCUT2D eigenvalue weighted by Crippen LogP contribution is -2.37. The van der Waals surface area contributed by atoms with Gasteiger partial charge in [-0.3, -0.25) is 8.54 Å². The Hall–Kier alpha value is -2.87. The van der Waals surface area contributed by atoms with E-state index in [1.807, 2.05) is 73.0 Å². The molecular formula is C22H21F2N5S. The van der Waals surface area contributed by atoms with Gasteiger partial charge in [-0.05, 0) is 62.9 Å². The molecule has 154 valence electrons. The van der Waals surface area contributed by atoms with E-state index in [-0.39, 0.29) is 11.3 Å². The molecule has 0 bridgehead atoms. The zero-order valence-electron chi connectivity index (χ0n) is 17.3. The minimum Gasteiger partial charge on any atom is -0.369 e. The van der Waals surface area contributed by atoms with Gasteiger partial charge in [-0.25, -0.2) is 8.78 Å². The van der Waals surface area contributed by atoms with Crippen molar-refractivity contribution in [2.45, 2.75) is 33.2 Å². The Bertz CT molecular complexity index is 1340. The van der Waals surface area contributed by atoms with Crippen LogP contribution in [0.15, 0.2) is 30.5 Å². The molecule has 0 aliphatic carbocycles. The minimum absolute atomic E-state index is 0.142. The van der Waals surface area contributed by atoms with Crippen LogP contribution < -0.4 is 5.32 Å². The number of fused-ring (bicyclic) bond motifs is 4. The van der Waals surface area contributed by atoms with Crippen LogP contribution in [0.2, 0.25) is 0 Å². The fraction of sp³-hybridized carbons (Fsp3) is 0.273. The van der Waals surface area contributed by atoms with E-state index >= 15 is 8.78 Å². The van der Waals surface area contributed by atoms with Crippen LogP contribution in [0.1, 0.15) is 31.1 Å². The van der Waals surface area contributed by atoms with Crippen molar-refractivity contribution < 1.29 is 8.78 Å². The van der Waals surface area contributed by atoms with Gasteiger partial charge in [0.25, 0.3) is 0 Å². The van der Waals surface area contributed by atoms with Gasteiger partial charge < -0.3 is 5.32 Å². The molecule has 8 heteroatoms. The summed E-state index contributed by atoms with van der Waals surface area (Å²) in [5.41, 5.74) is 2.53. The van der Waals surface area contributed by atoms with Gasteiger partial charge in [-0.1, -0.05) is 12.1 Å². The molecule has 5 nitrogen and oxygen atoms in total. The monoisotopic (exact) mass is 425 g/mol. The molecule has 0 unspecified atom stereocenters. The van der Waals surface area contributed by atoms with Crippen molar-refractivity contribution in [3.63, 3.8) is 0 Å². The lowest BCUT2D eigenvalue weighted by atomic mass is 9.91. The second-order valence-electron chi connectivity index (χ2n) is 8.07. The second-order valence-corrected chi connectivity index (χ2v) is 8.83. The Morgan fingerprint density at radius 1 is 1.07 bits per heavy atom. The van der Waals surface area contributed by atoms with Crippen LogP contribution in [0.25, 0.3) is 27.7 Å². The van der Waals surface area contributed by atoms with Gasteiger partial charge in [-0.2, -0.15) is 0 Å². The number of nitrogens with one attached hydrogen (secondary N) is 1. The van der Waals surface area contributed by atoms with E-state index in [1.165, 1.54) is 0 Å². The van der Waals surface area contributed by atoms with Crippen molar-refractivity contribution in [3.05, 3.63) is 59.3 Å². The molecule has 30 heavy (non-hydrogen) atoms. The summed E-state index contributed by atoms with van der Waals surface area (Å²) in [7, 11) is 0. The molecule has 0 saturated carbocycles. The zero-order chi connectivity index (χ0) is 21.4. The molecular weight excluding hydrogens is 404 g/mol. The molecule has 0 radical (unpaired) electrons. The van der Waals surface area contributed by atoms with Gasteiger partial charge in [0.15, 0.2) is 17.5 Å². The molecule has 4 aromatic rings. The first-order valence-corrected chi connectivity index (χ1v) is 10.8. The van der Waals surface area contributed by atoms with Crippen LogP contribution in [0.4, 0.5) is 14.5 Å². The number of anilines is 1. The SMILES string of the molecule is CSn1ccc2c(-c3c(C)c4c(c(F)c3F)NC(C)(C)c3nnc(C)n3-4)cccc21. The van der Waals surface area contributed by atoms with E-state index in [1.54, 1.807) is 11.9 Å². The summed E-state index contributed by atoms with van der Waals surface area (Å²) in [5.74, 6) is -0.446. The van der Waals surface area contributed by atoms with Crippen molar-refractivity contribution in [2.75, 3.05) is 11.6 Å². The van der Waals surface area contributed by atoms with Crippen LogP contribution in [0.5, 0.6) is 0 Å². The number of aryl methyl sites for hydroxylation is 1. The molecule has 2 aromatic carbocycles. The lowest BCUT2D eigenvalue weighted by molar-refractivity contribution is 0.488. The molecule has 1 aliphatic rings. The molecule has 1 N–H and O–H groups in total. The topological polar surface area (TPSA) is 47.7 Å².